The first-order chi connectivity index (χ1) is 8.82. The van der Waals surface area contributed by atoms with E-state index in [4.69, 9.17) is 0 Å². The number of rotatable bonds is 4. The Balaban J connectivity index is 2.59. The van der Waals surface area contributed by atoms with Crippen LogP contribution in [0.25, 0.3) is 0 Å². The number of nitrogens with one attached hydrogen (secondary N) is 2. The summed E-state index contributed by atoms with van der Waals surface area (Å²) < 4.78 is 0. The van der Waals surface area contributed by atoms with Gasteiger partial charge < -0.3 is 10.6 Å². The summed E-state index contributed by atoms with van der Waals surface area (Å²) in [5, 5.41) is 5.53. The fraction of sp³-hybridized carbons (Fsp3) is 0.438. The maximum Gasteiger partial charge on any atom is 0.319 e. The van der Waals surface area contributed by atoms with Crippen molar-refractivity contribution in [1.29, 1.82) is 0 Å². The highest BCUT2D eigenvalue weighted by atomic mass is 16.2. The summed E-state index contributed by atoms with van der Waals surface area (Å²) in [7, 11) is 0. The van der Waals surface area contributed by atoms with E-state index < -0.39 is 0 Å². The third kappa shape index (κ3) is 5.16. The zero-order valence-electron chi connectivity index (χ0n) is 12.3. The first kappa shape index (κ1) is 15.3. The molecule has 0 fully saturated rings. The molecule has 0 atom stereocenters. The van der Waals surface area contributed by atoms with Crippen LogP contribution in [0.3, 0.4) is 0 Å². The second kappa shape index (κ2) is 6.41. The molecule has 1 rings (SSSR count). The Hall–Kier alpha value is -1.77. The Morgan fingerprint density at radius 1 is 1.32 bits per heavy atom. The van der Waals surface area contributed by atoms with Gasteiger partial charge in [-0.3, -0.25) is 0 Å². The van der Waals surface area contributed by atoms with Crippen molar-refractivity contribution in [3.63, 3.8) is 0 Å². The van der Waals surface area contributed by atoms with Crippen LogP contribution < -0.4 is 10.6 Å². The molecule has 0 aliphatic heterocycles. The Kier molecular flexibility index (Phi) is 5.16. The fourth-order valence-electron chi connectivity index (χ4n) is 1.62. The standard InChI is InChI=1S/C16H24N2O/c1-6-12(2)18-15(19)17-11-13-8-7-9-14(10-13)16(3,4)5/h7-10H,2,6,11H2,1,3-5H3,(H2,17,18,19). The van der Waals surface area contributed by atoms with Gasteiger partial charge in [0.25, 0.3) is 0 Å². The van der Waals surface area contributed by atoms with E-state index in [9.17, 15) is 4.79 Å². The van der Waals surface area contributed by atoms with Crippen LogP contribution in [0.2, 0.25) is 0 Å². The van der Waals surface area contributed by atoms with Gasteiger partial charge in [0.15, 0.2) is 0 Å². The van der Waals surface area contributed by atoms with Crippen LogP contribution in [-0.2, 0) is 12.0 Å². The predicted molar refractivity (Wildman–Crippen MR) is 79.9 cm³/mol. The topological polar surface area (TPSA) is 41.1 Å². The van der Waals surface area contributed by atoms with Crippen molar-refractivity contribution in [1.82, 2.24) is 10.6 Å². The first-order valence-electron chi connectivity index (χ1n) is 6.65. The van der Waals surface area contributed by atoms with E-state index >= 15 is 0 Å². The monoisotopic (exact) mass is 260 g/mol. The lowest BCUT2D eigenvalue weighted by atomic mass is 9.86. The van der Waals surface area contributed by atoms with Crippen molar-refractivity contribution >= 4 is 6.03 Å². The number of amides is 2. The molecule has 0 bridgehead atoms. The molecule has 104 valence electrons. The maximum absolute atomic E-state index is 11.6. The number of urea groups is 1. The van der Waals surface area contributed by atoms with E-state index in [-0.39, 0.29) is 11.4 Å². The number of carbonyl (C=O) groups excluding carboxylic acids is 1. The molecular weight excluding hydrogens is 236 g/mol. The molecule has 0 heterocycles. The van der Waals surface area contributed by atoms with Crippen LogP contribution >= 0.6 is 0 Å². The molecule has 0 saturated heterocycles. The maximum atomic E-state index is 11.6. The second-order valence-corrected chi connectivity index (χ2v) is 5.72. The van der Waals surface area contributed by atoms with Crippen molar-refractivity contribution in [2.45, 2.75) is 46.1 Å². The third-order valence-electron chi connectivity index (χ3n) is 2.96. The molecule has 0 aliphatic rings. The van der Waals surface area contributed by atoms with Crippen molar-refractivity contribution in [3.05, 3.63) is 47.7 Å². The van der Waals surface area contributed by atoms with Crippen LogP contribution in [0, 0.1) is 0 Å². The van der Waals surface area contributed by atoms with Gasteiger partial charge in [-0.2, -0.15) is 0 Å². The average Bonchev–Trinajstić information content (AvgIpc) is 2.35. The van der Waals surface area contributed by atoms with Gasteiger partial charge in [0.05, 0.1) is 0 Å². The van der Waals surface area contributed by atoms with Crippen LogP contribution in [0.4, 0.5) is 4.79 Å². The van der Waals surface area contributed by atoms with Crippen molar-refractivity contribution in [2.75, 3.05) is 0 Å². The van der Waals surface area contributed by atoms with Crippen molar-refractivity contribution in [2.24, 2.45) is 0 Å². The lowest BCUT2D eigenvalue weighted by molar-refractivity contribution is 0.242. The molecule has 19 heavy (non-hydrogen) atoms. The van der Waals surface area contributed by atoms with E-state index in [1.165, 1.54) is 5.56 Å². The summed E-state index contributed by atoms with van der Waals surface area (Å²) in [6.07, 6.45) is 0.743. The summed E-state index contributed by atoms with van der Waals surface area (Å²) >= 11 is 0. The number of benzene rings is 1. The van der Waals surface area contributed by atoms with Gasteiger partial charge in [0.1, 0.15) is 0 Å². The van der Waals surface area contributed by atoms with Crippen LogP contribution in [0.5, 0.6) is 0 Å². The zero-order chi connectivity index (χ0) is 14.5. The summed E-state index contributed by atoms with van der Waals surface area (Å²) in [4.78, 5) is 11.6. The van der Waals surface area contributed by atoms with Crippen molar-refractivity contribution < 1.29 is 4.79 Å². The molecule has 0 aromatic heterocycles. The van der Waals surface area contributed by atoms with E-state index in [0.717, 1.165) is 17.7 Å². The van der Waals surface area contributed by atoms with E-state index in [1.807, 2.05) is 19.1 Å². The molecule has 0 saturated carbocycles. The largest absolute Gasteiger partial charge is 0.334 e. The summed E-state index contributed by atoms with van der Waals surface area (Å²) in [5.41, 5.74) is 3.21. The predicted octanol–water partition coefficient (Wildman–Crippen LogP) is 3.71. The number of hydrogen-bond donors (Lipinski definition) is 2. The van der Waals surface area contributed by atoms with Gasteiger partial charge in [0, 0.05) is 12.2 Å². The SMILES string of the molecule is C=C(CC)NC(=O)NCc1cccc(C(C)(C)C)c1. The molecule has 1 aromatic carbocycles. The lowest BCUT2D eigenvalue weighted by Gasteiger charge is -2.20. The zero-order valence-corrected chi connectivity index (χ0v) is 12.3. The van der Waals surface area contributed by atoms with E-state index in [1.54, 1.807) is 0 Å². The van der Waals surface area contributed by atoms with Crippen LogP contribution in [0.1, 0.15) is 45.2 Å². The number of allylic oxidation sites excluding steroid dienone is 1. The minimum Gasteiger partial charge on any atom is -0.334 e. The summed E-state index contributed by atoms with van der Waals surface area (Å²) in [5.74, 6) is 0. The minimum absolute atomic E-state index is 0.120. The van der Waals surface area contributed by atoms with Gasteiger partial charge in [-0.25, -0.2) is 4.79 Å². The molecule has 2 amide bonds. The highest BCUT2D eigenvalue weighted by molar-refractivity contribution is 5.75. The third-order valence-corrected chi connectivity index (χ3v) is 2.96. The Labute approximate surface area is 116 Å². The first-order valence-corrected chi connectivity index (χ1v) is 6.65. The number of carbonyl (C=O) groups is 1. The Morgan fingerprint density at radius 2 is 2.00 bits per heavy atom. The normalized spacial score (nSPS) is 10.9. The van der Waals surface area contributed by atoms with Gasteiger partial charge in [-0.05, 0) is 23.0 Å². The Bertz CT molecular complexity index is 458. The number of hydrogen-bond acceptors (Lipinski definition) is 1. The van der Waals surface area contributed by atoms with E-state index in [2.05, 4.69) is 50.1 Å². The summed E-state index contributed by atoms with van der Waals surface area (Å²) in [6, 6.07) is 8.09. The molecule has 0 spiro atoms. The quantitative estimate of drug-likeness (QED) is 0.851. The van der Waals surface area contributed by atoms with Gasteiger partial charge >= 0.3 is 6.03 Å². The fourth-order valence-corrected chi connectivity index (χ4v) is 1.62. The smallest absolute Gasteiger partial charge is 0.319 e. The van der Waals surface area contributed by atoms with Crippen LogP contribution in [0.15, 0.2) is 36.5 Å². The Morgan fingerprint density at radius 3 is 2.58 bits per heavy atom. The van der Waals surface area contributed by atoms with Crippen molar-refractivity contribution in [3.8, 4) is 0 Å². The highest BCUT2D eigenvalue weighted by Gasteiger charge is 2.13. The highest BCUT2D eigenvalue weighted by Crippen LogP contribution is 2.22. The van der Waals surface area contributed by atoms with Gasteiger partial charge in [0.2, 0.25) is 0 Å². The van der Waals surface area contributed by atoms with Crippen LogP contribution in [-0.4, -0.2) is 6.03 Å². The lowest BCUT2D eigenvalue weighted by Crippen LogP contribution is -2.34. The molecule has 0 aliphatic carbocycles. The molecule has 2 N–H and O–H groups in total. The minimum atomic E-state index is -0.201. The molecule has 1 aromatic rings. The van der Waals surface area contributed by atoms with Gasteiger partial charge in [-0.1, -0.05) is 58.5 Å². The summed E-state index contributed by atoms with van der Waals surface area (Å²) in [6.45, 7) is 12.8. The molecule has 3 heteroatoms. The molecule has 3 nitrogen and oxygen atoms in total. The second-order valence-electron chi connectivity index (χ2n) is 5.72. The molecule has 0 radical (unpaired) electrons. The average molecular weight is 260 g/mol. The van der Waals surface area contributed by atoms with Gasteiger partial charge in [-0.15, -0.1) is 0 Å². The van der Waals surface area contributed by atoms with E-state index in [0.29, 0.717) is 6.54 Å². The molecular formula is C16H24N2O. The molecule has 0 unspecified atom stereocenters.